The average molecular weight is 171 g/mol. The number of ether oxygens (including phenoxy) is 1. The lowest BCUT2D eigenvalue weighted by Gasteiger charge is -2.08. The molecule has 72 valence electrons. The Bertz CT molecular complexity index is 123. The smallest absolute Gasteiger partial charge is 0.0543 e. The Morgan fingerprint density at radius 1 is 1.42 bits per heavy atom. The highest BCUT2D eigenvalue weighted by atomic mass is 16.5. The van der Waals surface area contributed by atoms with Crippen molar-refractivity contribution in [2.75, 3.05) is 7.11 Å². The molecule has 2 nitrogen and oxygen atoms in total. The van der Waals surface area contributed by atoms with Gasteiger partial charge in [0.25, 0.3) is 0 Å². The van der Waals surface area contributed by atoms with E-state index in [4.69, 9.17) is 10.1 Å². The first-order valence-electron chi connectivity index (χ1n) is 4.79. The van der Waals surface area contributed by atoms with Crippen molar-refractivity contribution < 1.29 is 4.74 Å². The van der Waals surface area contributed by atoms with Crippen LogP contribution in [0.25, 0.3) is 0 Å². The van der Waals surface area contributed by atoms with E-state index in [1.807, 2.05) is 6.92 Å². The van der Waals surface area contributed by atoms with E-state index in [9.17, 15) is 0 Å². The molecule has 0 aliphatic rings. The van der Waals surface area contributed by atoms with E-state index in [1.54, 1.807) is 7.11 Å². The lowest BCUT2D eigenvalue weighted by Crippen LogP contribution is -2.04. The third-order valence-electron chi connectivity index (χ3n) is 2.17. The second-order valence-corrected chi connectivity index (χ2v) is 3.25. The zero-order valence-electron chi connectivity index (χ0n) is 8.52. The van der Waals surface area contributed by atoms with Crippen LogP contribution in [-0.4, -0.2) is 18.9 Å². The summed E-state index contributed by atoms with van der Waals surface area (Å²) >= 11 is 0. The van der Waals surface area contributed by atoms with Crippen LogP contribution in [0.3, 0.4) is 0 Å². The molecule has 0 amide bonds. The van der Waals surface area contributed by atoms with Gasteiger partial charge in [0.05, 0.1) is 6.10 Å². The van der Waals surface area contributed by atoms with E-state index in [0.29, 0.717) is 6.10 Å². The van der Waals surface area contributed by atoms with E-state index in [0.717, 1.165) is 31.4 Å². The van der Waals surface area contributed by atoms with Gasteiger partial charge in [-0.15, -0.1) is 0 Å². The van der Waals surface area contributed by atoms with E-state index in [2.05, 4.69) is 6.92 Å². The highest BCUT2D eigenvalue weighted by Gasteiger charge is 1.99. The Morgan fingerprint density at radius 2 is 2.08 bits per heavy atom. The summed E-state index contributed by atoms with van der Waals surface area (Å²) in [7, 11) is 1.75. The second-order valence-electron chi connectivity index (χ2n) is 3.25. The Balaban J connectivity index is 3.15. The van der Waals surface area contributed by atoms with Crippen molar-refractivity contribution in [3.05, 3.63) is 0 Å². The maximum absolute atomic E-state index is 7.44. The fraction of sp³-hybridized carbons (Fsp3) is 0.900. The van der Waals surface area contributed by atoms with Crippen LogP contribution in [0.15, 0.2) is 0 Å². The van der Waals surface area contributed by atoms with Crippen LogP contribution >= 0.6 is 0 Å². The number of hydrogen-bond acceptors (Lipinski definition) is 2. The maximum atomic E-state index is 7.44. The summed E-state index contributed by atoms with van der Waals surface area (Å²) in [4.78, 5) is 0. The fourth-order valence-electron chi connectivity index (χ4n) is 1.06. The first-order chi connectivity index (χ1) is 5.70. The molecule has 0 bridgehead atoms. The molecule has 1 atom stereocenters. The molecule has 12 heavy (non-hydrogen) atoms. The summed E-state index contributed by atoms with van der Waals surface area (Å²) in [6.07, 6.45) is 5.68. The predicted molar refractivity (Wildman–Crippen MR) is 53.0 cm³/mol. The molecule has 0 heterocycles. The minimum Gasteiger partial charge on any atom is -0.382 e. The molecule has 0 aliphatic heterocycles. The van der Waals surface area contributed by atoms with Crippen LogP contribution in [0, 0.1) is 5.41 Å². The van der Waals surface area contributed by atoms with Crippen molar-refractivity contribution in [1.82, 2.24) is 0 Å². The average Bonchev–Trinajstić information content (AvgIpc) is 2.11. The maximum Gasteiger partial charge on any atom is 0.0543 e. The minimum absolute atomic E-state index is 0.376. The quantitative estimate of drug-likeness (QED) is 0.463. The monoisotopic (exact) mass is 171 g/mol. The summed E-state index contributed by atoms with van der Waals surface area (Å²) in [5.74, 6) is 0. The van der Waals surface area contributed by atoms with Crippen molar-refractivity contribution in [3.63, 3.8) is 0 Å². The molecule has 0 spiro atoms. The Labute approximate surface area is 75.8 Å². The van der Waals surface area contributed by atoms with E-state index in [1.165, 1.54) is 6.42 Å². The molecule has 0 fully saturated rings. The summed E-state index contributed by atoms with van der Waals surface area (Å²) in [5, 5.41) is 7.44. The van der Waals surface area contributed by atoms with E-state index in [-0.39, 0.29) is 0 Å². The first kappa shape index (κ1) is 11.6. The first-order valence-corrected chi connectivity index (χ1v) is 4.79. The number of rotatable bonds is 7. The molecule has 0 aromatic rings. The van der Waals surface area contributed by atoms with Crippen molar-refractivity contribution in [2.24, 2.45) is 0 Å². The van der Waals surface area contributed by atoms with Gasteiger partial charge in [-0.2, -0.15) is 0 Å². The van der Waals surface area contributed by atoms with Crippen LogP contribution in [0.5, 0.6) is 0 Å². The number of unbranched alkanes of at least 4 members (excludes halogenated alkanes) is 1. The lowest BCUT2D eigenvalue weighted by atomic mass is 10.1. The molecule has 0 saturated heterocycles. The third kappa shape index (κ3) is 6.35. The van der Waals surface area contributed by atoms with Crippen LogP contribution in [0.2, 0.25) is 0 Å². The topological polar surface area (TPSA) is 33.1 Å². The van der Waals surface area contributed by atoms with E-state index >= 15 is 0 Å². The van der Waals surface area contributed by atoms with Crippen molar-refractivity contribution in [3.8, 4) is 0 Å². The second kappa shape index (κ2) is 7.29. The normalized spacial score (nSPS) is 12.9. The molecule has 0 aromatic heterocycles. The summed E-state index contributed by atoms with van der Waals surface area (Å²) in [6.45, 7) is 4.13. The summed E-state index contributed by atoms with van der Waals surface area (Å²) < 4.78 is 5.13. The Morgan fingerprint density at radius 3 is 2.58 bits per heavy atom. The van der Waals surface area contributed by atoms with Gasteiger partial charge in [-0.3, -0.25) is 0 Å². The van der Waals surface area contributed by atoms with Crippen LogP contribution in [-0.2, 0) is 4.74 Å². The fourth-order valence-corrected chi connectivity index (χ4v) is 1.06. The van der Waals surface area contributed by atoms with Gasteiger partial charge in [0.1, 0.15) is 0 Å². The van der Waals surface area contributed by atoms with Gasteiger partial charge in [-0.25, -0.2) is 0 Å². The Hall–Kier alpha value is -0.370. The number of nitrogens with one attached hydrogen (secondary N) is 1. The highest BCUT2D eigenvalue weighted by molar-refractivity contribution is 5.80. The molecule has 0 rings (SSSR count). The lowest BCUT2D eigenvalue weighted by molar-refractivity contribution is 0.109. The molecule has 2 heteroatoms. The largest absolute Gasteiger partial charge is 0.382 e. The molecule has 0 radical (unpaired) electrons. The van der Waals surface area contributed by atoms with Crippen molar-refractivity contribution in [1.29, 1.82) is 5.41 Å². The van der Waals surface area contributed by atoms with Crippen LogP contribution in [0.4, 0.5) is 0 Å². The predicted octanol–water partition coefficient (Wildman–Crippen LogP) is 3.01. The molecule has 0 saturated carbocycles. The molecule has 0 unspecified atom stereocenters. The molecule has 1 N–H and O–H groups in total. The van der Waals surface area contributed by atoms with Gasteiger partial charge in [0.15, 0.2) is 0 Å². The zero-order valence-corrected chi connectivity index (χ0v) is 8.52. The molecular formula is C10H21NO. The van der Waals surface area contributed by atoms with Gasteiger partial charge in [-0.05, 0) is 32.6 Å². The van der Waals surface area contributed by atoms with Gasteiger partial charge in [0.2, 0.25) is 0 Å². The molecule has 0 aliphatic carbocycles. The van der Waals surface area contributed by atoms with Gasteiger partial charge in [-0.1, -0.05) is 13.3 Å². The highest BCUT2D eigenvalue weighted by Crippen LogP contribution is 2.06. The SMILES string of the molecule is CCC(=N)CCCC[C@@H](C)OC. The van der Waals surface area contributed by atoms with Crippen LogP contribution < -0.4 is 0 Å². The van der Waals surface area contributed by atoms with E-state index < -0.39 is 0 Å². The third-order valence-corrected chi connectivity index (χ3v) is 2.17. The van der Waals surface area contributed by atoms with Gasteiger partial charge >= 0.3 is 0 Å². The number of hydrogen-bond donors (Lipinski definition) is 1. The van der Waals surface area contributed by atoms with Gasteiger partial charge < -0.3 is 10.1 Å². The summed E-state index contributed by atoms with van der Waals surface area (Å²) in [6, 6.07) is 0. The van der Waals surface area contributed by atoms with Gasteiger partial charge in [0, 0.05) is 12.8 Å². The molecular weight excluding hydrogens is 150 g/mol. The zero-order chi connectivity index (χ0) is 9.40. The van der Waals surface area contributed by atoms with Crippen molar-refractivity contribution >= 4 is 5.71 Å². The minimum atomic E-state index is 0.376. The Kier molecular flexibility index (Phi) is 7.06. The van der Waals surface area contributed by atoms with Crippen LogP contribution in [0.1, 0.15) is 46.0 Å². The summed E-state index contributed by atoms with van der Waals surface area (Å²) in [5.41, 5.74) is 0.875. The standard InChI is InChI=1S/C10H21NO/c1-4-10(11)8-6-5-7-9(2)12-3/h9,11H,4-8H2,1-3H3/t9-/m1/s1. The van der Waals surface area contributed by atoms with Crippen molar-refractivity contribution in [2.45, 2.75) is 52.1 Å². The number of methoxy groups -OCH3 is 1. The molecule has 0 aromatic carbocycles.